The predicted octanol–water partition coefficient (Wildman–Crippen LogP) is 1.23. The molecule has 3 amide bonds. The fourth-order valence-corrected chi connectivity index (χ4v) is 3.87. The quantitative estimate of drug-likeness (QED) is 0.140. The minimum Gasteiger partial charge on any atom is -0.478 e. The Kier molecular flexibility index (Phi) is 14.2. The Labute approximate surface area is 261 Å². The maximum absolute atomic E-state index is 12.7. The lowest BCUT2D eigenvalue weighted by atomic mass is 9.92. The van der Waals surface area contributed by atoms with Gasteiger partial charge in [-0.2, -0.15) is 0 Å². The van der Waals surface area contributed by atoms with Crippen molar-refractivity contribution in [2.75, 3.05) is 20.8 Å². The Morgan fingerprint density at radius 3 is 1.82 bits per heavy atom. The minimum absolute atomic E-state index is 0.400. The van der Waals surface area contributed by atoms with E-state index in [1.54, 1.807) is 41.5 Å². The van der Waals surface area contributed by atoms with E-state index in [9.17, 15) is 28.8 Å². The highest BCUT2D eigenvalue weighted by atomic mass is 16.6. The highest BCUT2D eigenvalue weighted by molar-refractivity contribution is 6.01. The lowest BCUT2D eigenvalue weighted by molar-refractivity contribution is -0.178. The first kappa shape index (κ1) is 38.6. The van der Waals surface area contributed by atoms with Crippen molar-refractivity contribution < 1.29 is 61.9 Å². The summed E-state index contributed by atoms with van der Waals surface area (Å²) in [6.07, 6.45) is -4.77. The zero-order valence-corrected chi connectivity index (χ0v) is 27.4. The number of amides is 3. The lowest BCUT2D eigenvalue weighted by Gasteiger charge is -2.40. The lowest BCUT2D eigenvalue weighted by Crippen LogP contribution is -2.61. The van der Waals surface area contributed by atoms with Crippen LogP contribution in [0.5, 0.6) is 0 Å². The number of rotatable bonds is 9. The van der Waals surface area contributed by atoms with Gasteiger partial charge in [-0.25, -0.2) is 19.4 Å². The van der Waals surface area contributed by atoms with Gasteiger partial charge in [-0.1, -0.05) is 0 Å². The van der Waals surface area contributed by atoms with E-state index in [4.69, 9.17) is 33.2 Å². The van der Waals surface area contributed by atoms with Crippen LogP contribution in [0.1, 0.15) is 62.3 Å². The molecule has 0 bridgehead atoms. The number of guanidine groups is 1. The molecule has 0 spiro atoms. The first-order valence-electron chi connectivity index (χ1n) is 13.8. The number of hydrogen-bond donors (Lipinski definition) is 3. The van der Waals surface area contributed by atoms with E-state index < -0.39 is 95.9 Å². The summed E-state index contributed by atoms with van der Waals surface area (Å²) in [4.78, 5) is 78.4. The third-order valence-electron chi connectivity index (χ3n) is 5.31. The number of nitrogens with one attached hydrogen (secondary N) is 3. The van der Waals surface area contributed by atoms with Gasteiger partial charge in [-0.15, -0.1) is 0 Å². The summed E-state index contributed by atoms with van der Waals surface area (Å²) < 4.78 is 37.3. The highest BCUT2D eigenvalue weighted by Gasteiger charge is 2.47. The number of carbonyl (C=O) groups excluding carboxylic acids is 6. The second-order valence-corrected chi connectivity index (χ2v) is 11.7. The van der Waals surface area contributed by atoms with Gasteiger partial charge in [0, 0.05) is 27.9 Å². The van der Waals surface area contributed by atoms with Crippen molar-refractivity contribution in [2.24, 2.45) is 4.99 Å². The normalized spacial score (nSPS) is 19.2. The monoisotopic (exact) mass is 644 g/mol. The molecule has 17 nitrogen and oxygen atoms in total. The van der Waals surface area contributed by atoms with Gasteiger partial charge in [0.15, 0.2) is 12.2 Å². The summed E-state index contributed by atoms with van der Waals surface area (Å²) in [5.74, 6) is -3.86. The van der Waals surface area contributed by atoms with Gasteiger partial charge in [-0.3, -0.25) is 25.0 Å². The Bertz CT molecular complexity index is 1140. The van der Waals surface area contributed by atoms with Gasteiger partial charge < -0.3 is 38.5 Å². The van der Waals surface area contributed by atoms with Gasteiger partial charge in [0.2, 0.25) is 17.6 Å². The second-order valence-electron chi connectivity index (χ2n) is 11.7. The van der Waals surface area contributed by atoms with E-state index >= 15 is 0 Å². The standard InChI is InChI=1S/C28H44N4O13/c1-14(33)29-20-17(30-24(31-25(37)44-27(4,5)6)32-26(38)45-28(7,8)9)12-18(23(36)40-11)43-22(20)21(39-10)19(42-16(3)35)13-41-15(2)34/h12,17,19-22H,13H2,1-11H3,(H,29,33)(H2,30,31,32,37,38)/t17-,19+,20+,21+,22+/m0/s1. The van der Waals surface area contributed by atoms with Crippen LogP contribution in [-0.2, 0) is 52.3 Å². The van der Waals surface area contributed by atoms with Crippen LogP contribution in [-0.4, -0.2) is 104 Å². The van der Waals surface area contributed by atoms with Crippen LogP contribution in [0.15, 0.2) is 16.8 Å². The molecular formula is C28H44N4O13. The predicted molar refractivity (Wildman–Crippen MR) is 156 cm³/mol. The molecule has 5 atom stereocenters. The summed E-state index contributed by atoms with van der Waals surface area (Å²) in [6.45, 7) is 12.7. The van der Waals surface area contributed by atoms with Crippen LogP contribution in [0.4, 0.5) is 9.59 Å². The van der Waals surface area contributed by atoms with Crippen LogP contribution in [0.25, 0.3) is 0 Å². The first-order valence-corrected chi connectivity index (χ1v) is 13.8. The van der Waals surface area contributed by atoms with Gasteiger partial charge in [-0.05, 0) is 47.6 Å². The molecule has 0 aliphatic carbocycles. The number of alkyl carbamates (subject to hydrolysis) is 2. The average Bonchev–Trinajstić information content (AvgIpc) is 2.85. The smallest absolute Gasteiger partial charge is 0.414 e. The topological polar surface area (TPSA) is 215 Å². The molecule has 0 radical (unpaired) electrons. The van der Waals surface area contributed by atoms with Crippen molar-refractivity contribution in [3.63, 3.8) is 0 Å². The summed E-state index contributed by atoms with van der Waals surface area (Å²) in [7, 11) is 2.33. The van der Waals surface area contributed by atoms with Gasteiger partial charge in [0.05, 0.1) is 19.2 Å². The van der Waals surface area contributed by atoms with Gasteiger partial charge in [0.1, 0.15) is 23.9 Å². The number of carbonyl (C=O) groups is 6. The fourth-order valence-electron chi connectivity index (χ4n) is 3.87. The molecule has 1 aliphatic rings. The van der Waals surface area contributed by atoms with Crippen molar-refractivity contribution in [2.45, 2.75) is 104 Å². The number of esters is 3. The molecule has 0 saturated heterocycles. The van der Waals surface area contributed by atoms with Crippen LogP contribution in [0.3, 0.4) is 0 Å². The van der Waals surface area contributed by atoms with E-state index in [2.05, 4.69) is 20.9 Å². The molecule has 0 saturated carbocycles. The SMILES string of the molecule is COC(=O)C1=C[C@H](N=C(NC(=O)OC(C)(C)C)NC(=O)OC(C)(C)C)[C@@H](NC(C)=O)[C@H]([C@H](OC)[C@@H](COC(C)=O)OC(C)=O)O1. The van der Waals surface area contributed by atoms with Crippen molar-refractivity contribution in [1.82, 2.24) is 16.0 Å². The molecule has 0 unspecified atom stereocenters. The third kappa shape index (κ3) is 14.3. The molecule has 0 fully saturated rings. The van der Waals surface area contributed by atoms with E-state index in [0.29, 0.717) is 0 Å². The molecule has 1 aliphatic heterocycles. The van der Waals surface area contributed by atoms with Crippen LogP contribution in [0.2, 0.25) is 0 Å². The Morgan fingerprint density at radius 2 is 1.42 bits per heavy atom. The van der Waals surface area contributed by atoms with Crippen LogP contribution >= 0.6 is 0 Å². The fraction of sp³-hybridized carbons (Fsp3) is 0.679. The summed E-state index contributed by atoms with van der Waals surface area (Å²) in [6, 6.07) is -2.50. The van der Waals surface area contributed by atoms with Crippen molar-refractivity contribution >= 4 is 42.0 Å². The van der Waals surface area contributed by atoms with Gasteiger partial charge in [0.25, 0.3) is 0 Å². The maximum Gasteiger partial charge on any atom is 0.414 e. The molecule has 1 heterocycles. The molecule has 0 aromatic rings. The number of hydrogen-bond acceptors (Lipinski definition) is 14. The minimum atomic E-state index is -1.36. The molecule has 1 rings (SSSR count). The molecular weight excluding hydrogens is 600 g/mol. The Balaban J connectivity index is 3.82. The van der Waals surface area contributed by atoms with Crippen LogP contribution in [0, 0.1) is 0 Å². The van der Waals surface area contributed by atoms with E-state index in [-0.39, 0.29) is 0 Å². The Hall–Kier alpha value is -4.41. The highest BCUT2D eigenvalue weighted by Crippen LogP contribution is 2.28. The van der Waals surface area contributed by atoms with Crippen LogP contribution < -0.4 is 16.0 Å². The van der Waals surface area contributed by atoms with Crippen molar-refractivity contribution in [1.29, 1.82) is 0 Å². The first-order chi connectivity index (χ1) is 20.6. The molecule has 45 heavy (non-hydrogen) atoms. The zero-order valence-electron chi connectivity index (χ0n) is 27.4. The average molecular weight is 645 g/mol. The summed E-state index contributed by atoms with van der Waals surface area (Å²) in [5, 5.41) is 7.31. The second kappa shape index (κ2) is 16.6. The van der Waals surface area contributed by atoms with Crippen molar-refractivity contribution in [3.05, 3.63) is 11.8 Å². The molecule has 0 aromatic heterocycles. The summed E-state index contributed by atoms with van der Waals surface area (Å²) in [5.41, 5.74) is -1.86. The van der Waals surface area contributed by atoms with Gasteiger partial charge >= 0.3 is 30.1 Å². The Morgan fingerprint density at radius 1 is 0.889 bits per heavy atom. The van der Waals surface area contributed by atoms with E-state index in [1.807, 2.05) is 0 Å². The summed E-state index contributed by atoms with van der Waals surface area (Å²) >= 11 is 0. The number of ether oxygens (including phenoxy) is 7. The molecule has 17 heteroatoms. The number of aliphatic imine (C=N–C) groups is 1. The zero-order chi connectivity index (χ0) is 34.7. The molecule has 254 valence electrons. The maximum atomic E-state index is 12.7. The van der Waals surface area contributed by atoms with E-state index in [0.717, 1.165) is 21.0 Å². The molecule has 3 N–H and O–H groups in total. The number of methoxy groups -OCH3 is 2. The molecule has 0 aromatic carbocycles. The van der Waals surface area contributed by atoms with Crippen molar-refractivity contribution in [3.8, 4) is 0 Å². The van der Waals surface area contributed by atoms with E-state index in [1.165, 1.54) is 20.1 Å². The third-order valence-corrected chi connectivity index (χ3v) is 5.31. The largest absolute Gasteiger partial charge is 0.478 e. The number of nitrogens with zero attached hydrogens (tertiary/aromatic N) is 1.